The van der Waals surface area contributed by atoms with Crippen molar-refractivity contribution in [2.45, 2.75) is 34.1 Å². The molecule has 2 heterocycles. The first kappa shape index (κ1) is 17.9. The summed E-state index contributed by atoms with van der Waals surface area (Å²) >= 11 is 0. The number of pyridine rings is 1. The second kappa shape index (κ2) is 7.52. The molecule has 0 bridgehead atoms. The van der Waals surface area contributed by atoms with E-state index < -0.39 is 0 Å². The standard InChI is InChI=1S/C21H24N4O/c1-14-8-9-18(13-15(14)2)21(26)23-12-10-19-16(3)24-25(17(19)4)20-7-5-6-11-22-20/h5-9,11,13H,10,12H2,1-4H3,(H,23,26). The summed E-state index contributed by atoms with van der Waals surface area (Å²) in [6.45, 7) is 8.66. The molecule has 0 aliphatic rings. The zero-order chi connectivity index (χ0) is 18.7. The van der Waals surface area contributed by atoms with Crippen molar-refractivity contribution in [2.75, 3.05) is 6.54 Å². The van der Waals surface area contributed by atoms with Crippen molar-refractivity contribution in [3.05, 3.63) is 76.2 Å². The van der Waals surface area contributed by atoms with Crippen LogP contribution in [0.3, 0.4) is 0 Å². The molecule has 3 aromatic rings. The Labute approximate surface area is 154 Å². The third kappa shape index (κ3) is 3.67. The molecule has 0 atom stereocenters. The highest BCUT2D eigenvalue weighted by Gasteiger charge is 2.14. The second-order valence-electron chi connectivity index (χ2n) is 6.55. The lowest BCUT2D eigenvalue weighted by atomic mass is 10.1. The summed E-state index contributed by atoms with van der Waals surface area (Å²) in [6, 6.07) is 11.5. The van der Waals surface area contributed by atoms with Gasteiger partial charge in [0.2, 0.25) is 0 Å². The number of aryl methyl sites for hydroxylation is 3. The van der Waals surface area contributed by atoms with E-state index in [1.165, 1.54) is 5.56 Å². The molecule has 3 rings (SSSR count). The van der Waals surface area contributed by atoms with Crippen molar-refractivity contribution in [2.24, 2.45) is 0 Å². The summed E-state index contributed by atoms with van der Waals surface area (Å²) in [5, 5.41) is 7.61. The molecule has 0 spiro atoms. The van der Waals surface area contributed by atoms with E-state index in [1.54, 1.807) is 6.20 Å². The van der Waals surface area contributed by atoms with Crippen LogP contribution >= 0.6 is 0 Å². The van der Waals surface area contributed by atoms with E-state index in [2.05, 4.69) is 15.4 Å². The highest BCUT2D eigenvalue weighted by atomic mass is 16.1. The van der Waals surface area contributed by atoms with Crippen LogP contribution in [0.15, 0.2) is 42.6 Å². The summed E-state index contributed by atoms with van der Waals surface area (Å²) in [4.78, 5) is 16.7. The molecular weight excluding hydrogens is 324 g/mol. The summed E-state index contributed by atoms with van der Waals surface area (Å²) in [6.07, 6.45) is 2.50. The Morgan fingerprint density at radius 2 is 1.88 bits per heavy atom. The van der Waals surface area contributed by atoms with Gasteiger partial charge in [-0.2, -0.15) is 5.10 Å². The van der Waals surface area contributed by atoms with Gasteiger partial charge in [-0.1, -0.05) is 12.1 Å². The minimum Gasteiger partial charge on any atom is -0.352 e. The van der Waals surface area contributed by atoms with Gasteiger partial charge in [0.05, 0.1) is 5.69 Å². The Bertz CT molecular complexity index is 929. The predicted molar refractivity (Wildman–Crippen MR) is 103 cm³/mol. The van der Waals surface area contributed by atoms with Crippen LogP contribution in [0.1, 0.15) is 38.4 Å². The van der Waals surface area contributed by atoms with E-state index in [1.807, 2.05) is 68.8 Å². The molecule has 0 fully saturated rings. The average Bonchev–Trinajstić information content (AvgIpc) is 2.92. The van der Waals surface area contributed by atoms with Gasteiger partial charge in [-0.25, -0.2) is 9.67 Å². The summed E-state index contributed by atoms with van der Waals surface area (Å²) in [5.41, 5.74) is 6.19. The van der Waals surface area contributed by atoms with Crippen molar-refractivity contribution in [1.29, 1.82) is 0 Å². The number of hydrogen-bond acceptors (Lipinski definition) is 3. The topological polar surface area (TPSA) is 59.8 Å². The van der Waals surface area contributed by atoms with E-state index in [0.717, 1.165) is 34.8 Å². The third-order valence-electron chi connectivity index (χ3n) is 4.74. The van der Waals surface area contributed by atoms with Crippen LogP contribution in [0, 0.1) is 27.7 Å². The van der Waals surface area contributed by atoms with Crippen molar-refractivity contribution in [1.82, 2.24) is 20.1 Å². The van der Waals surface area contributed by atoms with Crippen LogP contribution < -0.4 is 5.32 Å². The van der Waals surface area contributed by atoms with Crippen LogP contribution in [-0.2, 0) is 6.42 Å². The molecule has 2 aromatic heterocycles. The van der Waals surface area contributed by atoms with Gasteiger partial charge in [0.15, 0.2) is 5.82 Å². The van der Waals surface area contributed by atoms with Gasteiger partial charge in [0.1, 0.15) is 0 Å². The van der Waals surface area contributed by atoms with Gasteiger partial charge in [0, 0.05) is 24.0 Å². The Morgan fingerprint density at radius 3 is 2.58 bits per heavy atom. The first-order chi connectivity index (χ1) is 12.5. The number of benzene rings is 1. The number of hydrogen-bond donors (Lipinski definition) is 1. The predicted octanol–water partition coefficient (Wildman–Crippen LogP) is 3.47. The highest BCUT2D eigenvalue weighted by molar-refractivity contribution is 5.94. The van der Waals surface area contributed by atoms with Crippen LogP contribution in [0.2, 0.25) is 0 Å². The SMILES string of the molecule is Cc1ccc(C(=O)NCCc2c(C)nn(-c3ccccn3)c2C)cc1C. The highest BCUT2D eigenvalue weighted by Crippen LogP contribution is 2.17. The van der Waals surface area contributed by atoms with Crippen LogP contribution in [-0.4, -0.2) is 27.2 Å². The van der Waals surface area contributed by atoms with Gasteiger partial charge >= 0.3 is 0 Å². The zero-order valence-corrected chi connectivity index (χ0v) is 15.7. The number of carbonyl (C=O) groups is 1. The quantitative estimate of drug-likeness (QED) is 0.768. The summed E-state index contributed by atoms with van der Waals surface area (Å²) in [5.74, 6) is 0.763. The van der Waals surface area contributed by atoms with Crippen LogP contribution in [0.4, 0.5) is 0 Å². The van der Waals surface area contributed by atoms with Gasteiger partial charge in [-0.15, -0.1) is 0 Å². The lowest BCUT2D eigenvalue weighted by molar-refractivity contribution is 0.0954. The maximum absolute atomic E-state index is 12.4. The summed E-state index contributed by atoms with van der Waals surface area (Å²) < 4.78 is 1.86. The Balaban J connectivity index is 1.67. The fraction of sp³-hybridized carbons (Fsp3) is 0.286. The molecule has 5 nitrogen and oxygen atoms in total. The number of aromatic nitrogens is 3. The van der Waals surface area contributed by atoms with Gasteiger partial charge < -0.3 is 5.32 Å². The summed E-state index contributed by atoms with van der Waals surface area (Å²) in [7, 11) is 0. The van der Waals surface area contributed by atoms with E-state index in [9.17, 15) is 4.79 Å². The van der Waals surface area contributed by atoms with Gasteiger partial charge in [0.25, 0.3) is 5.91 Å². The minimum absolute atomic E-state index is 0.0412. The fourth-order valence-corrected chi connectivity index (χ4v) is 3.02. The maximum Gasteiger partial charge on any atom is 0.251 e. The smallest absolute Gasteiger partial charge is 0.251 e. The Hall–Kier alpha value is -2.95. The average molecular weight is 348 g/mol. The lowest BCUT2D eigenvalue weighted by Gasteiger charge is -2.08. The molecular formula is C21H24N4O. The largest absolute Gasteiger partial charge is 0.352 e. The number of amides is 1. The molecule has 0 unspecified atom stereocenters. The first-order valence-electron chi connectivity index (χ1n) is 8.79. The molecule has 0 saturated heterocycles. The number of nitrogens with zero attached hydrogens (tertiary/aromatic N) is 3. The molecule has 134 valence electrons. The van der Waals surface area contributed by atoms with Crippen molar-refractivity contribution in [3.8, 4) is 5.82 Å². The van der Waals surface area contributed by atoms with Gasteiger partial charge in [-0.3, -0.25) is 4.79 Å². The van der Waals surface area contributed by atoms with Crippen LogP contribution in [0.25, 0.3) is 5.82 Å². The molecule has 1 N–H and O–H groups in total. The van der Waals surface area contributed by atoms with Gasteiger partial charge in [-0.05, 0) is 75.1 Å². The molecule has 0 saturated carbocycles. The zero-order valence-electron chi connectivity index (χ0n) is 15.7. The monoisotopic (exact) mass is 348 g/mol. The van der Waals surface area contributed by atoms with Crippen LogP contribution in [0.5, 0.6) is 0 Å². The van der Waals surface area contributed by atoms with E-state index in [4.69, 9.17) is 0 Å². The number of nitrogens with one attached hydrogen (secondary N) is 1. The molecule has 5 heteroatoms. The van der Waals surface area contributed by atoms with E-state index in [-0.39, 0.29) is 5.91 Å². The van der Waals surface area contributed by atoms with E-state index >= 15 is 0 Å². The number of rotatable bonds is 5. The molecule has 26 heavy (non-hydrogen) atoms. The van der Waals surface area contributed by atoms with Crippen molar-refractivity contribution < 1.29 is 4.79 Å². The first-order valence-corrected chi connectivity index (χ1v) is 8.79. The Morgan fingerprint density at radius 1 is 1.08 bits per heavy atom. The second-order valence-corrected chi connectivity index (χ2v) is 6.55. The molecule has 1 aromatic carbocycles. The van der Waals surface area contributed by atoms with E-state index in [0.29, 0.717) is 12.1 Å². The molecule has 0 aliphatic carbocycles. The molecule has 1 amide bonds. The minimum atomic E-state index is -0.0412. The van der Waals surface area contributed by atoms with Crippen molar-refractivity contribution in [3.63, 3.8) is 0 Å². The fourth-order valence-electron chi connectivity index (χ4n) is 3.02. The number of carbonyl (C=O) groups excluding carboxylic acids is 1. The maximum atomic E-state index is 12.4. The normalized spacial score (nSPS) is 10.8. The Kier molecular flexibility index (Phi) is 5.16. The molecule has 0 radical (unpaired) electrons. The third-order valence-corrected chi connectivity index (χ3v) is 4.74. The lowest BCUT2D eigenvalue weighted by Crippen LogP contribution is -2.26. The van der Waals surface area contributed by atoms with Crippen molar-refractivity contribution >= 4 is 5.91 Å². The molecule has 0 aliphatic heterocycles.